The van der Waals surface area contributed by atoms with E-state index in [1.807, 2.05) is 43.3 Å². The average Bonchev–Trinajstić information content (AvgIpc) is 2.74. The molecule has 0 saturated carbocycles. The van der Waals surface area contributed by atoms with Crippen LogP contribution in [0.3, 0.4) is 0 Å². The second-order valence-corrected chi connectivity index (χ2v) is 7.36. The fourth-order valence-electron chi connectivity index (χ4n) is 3.43. The summed E-state index contributed by atoms with van der Waals surface area (Å²) >= 11 is 0. The first-order valence-corrected chi connectivity index (χ1v) is 10.2. The Morgan fingerprint density at radius 2 is 1.90 bits per heavy atom. The molecule has 2 amide bonds. The minimum atomic E-state index is -0.630. The highest BCUT2D eigenvalue weighted by molar-refractivity contribution is 6.39. The SMILES string of the molecule is Cc1cccc(NC(=O)C(=O)NCCCCN2CCOC(c3ccccc3)C2)c1. The number of amides is 2. The summed E-state index contributed by atoms with van der Waals surface area (Å²) in [5, 5.41) is 5.32. The van der Waals surface area contributed by atoms with Crippen molar-refractivity contribution in [3.8, 4) is 0 Å². The zero-order chi connectivity index (χ0) is 20.5. The normalized spacial score (nSPS) is 16.9. The van der Waals surface area contributed by atoms with Gasteiger partial charge in [0, 0.05) is 25.3 Å². The summed E-state index contributed by atoms with van der Waals surface area (Å²) in [7, 11) is 0. The topological polar surface area (TPSA) is 70.7 Å². The summed E-state index contributed by atoms with van der Waals surface area (Å²) in [5.74, 6) is -1.23. The van der Waals surface area contributed by atoms with Crippen LogP contribution < -0.4 is 10.6 Å². The van der Waals surface area contributed by atoms with Crippen molar-refractivity contribution in [2.24, 2.45) is 0 Å². The summed E-state index contributed by atoms with van der Waals surface area (Å²) in [6.07, 6.45) is 1.91. The van der Waals surface area contributed by atoms with E-state index in [0.717, 1.165) is 44.6 Å². The van der Waals surface area contributed by atoms with Crippen molar-refractivity contribution >= 4 is 17.5 Å². The summed E-state index contributed by atoms with van der Waals surface area (Å²) in [4.78, 5) is 26.3. The van der Waals surface area contributed by atoms with Crippen LogP contribution in [0.25, 0.3) is 0 Å². The predicted molar refractivity (Wildman–Crippen MR) is 114 cm³/mol. The third kappa shape index (κ3) is 6.69. The van der Waals surface area contributed by atoms with E-state index in [1.54, 1.807) is 6.07 Å². The molecule has 6 nitrogen and oxygen atoms in total. The largest absolute Gasteiger partial charge is 0.371 e. The molecule has 0 aliphatic carbocycles. The van der Waals surface area contributed by atoms with Crippen molar-refractivity contribution in [1.29, 1.82) is 0 Å². The van der Waals surface area contributed by atoms with Gasteiger partial charge in [0.2, 0.25) is 0 Å². The maximum atomic E-state index is 12.0. The Hall–Kier alpha value is -2.70. The zero-order valence-electron chi connectivity index (χ0n) is 16.9. The lowest BCUT2D eigenvalue weighted by molar-refractivity contribution is -0.136. The maximum absolute atomic E-state index is 12.0. The van der Waals surface area contributed by atoms with E-state index < -0.39 is 11.8 Å². The third-order valence-electron chi connectivity index (χ3n) is 4.99. The first-order valence-electron chi connectivity index (χ1n) is 10.2. The van der Waals surface area contributed by atoms with E-state index in [0.29, 0.717) is 12.2 Å². The van der Waals surface area contributed by atoms with Gasteiger partial charge in [-0.3, -0.25) is 14.5 Å². The van der Waals surface area contributed by atoms with Crippen LogP contribution in [0, 0.1) is 6.92 Å². The Labute approximate surface area is 172 Å². The predicted octanol–water partition coefficient (Wildman–Crippen LogP) is 2.90. The number of carbonyl (C=O) groups is 2. The number of hydrogen-bond donors (Lipinski definition) is 2. The Balaban J connectivity index is 1.32. The number of nitrogens with zero attached hydrogens (tertiary/aromatic N) is 1. The van der Waals surface area contributed by atoms with Crippen LogP contribution in [0.4, 0.5) is 5.69 Å². The van der Waals surface area contributed by atoms with Gasteiger partial charge in [-0.2, -0.15) is 0 Å². The van der Waals surface area contributed by atoms with Gasteiger partial charge in [-0.05, 0) is 49.6 Å². The molecule has 0 radical (unpaired) electrons. The Bertz CT molecular complexity index is 810. The Morgan fingerprint density at radius 3 is 2.69 bits per heavy atom. The van der Waals surface area contributed by atoms with Crippen LogP contribution in [0.15, 0.2) is 54.6 Å². The Morgan fingerprint density at radius 1 is 1.07 bits per heavy atom. The van der Waals surface area contributed by atoms with Crippen molar-refractivity contribution in [3.63, 3.8) is 0 Å². The van der Waals surface area contributed by atoms with Crippen molar-refractivity contribution in [3.05, 3.63) is 65.7 Å². The molecule has 3 rings (SSSR count). The maximum Gasteiger partial charge on any atom is 0.313 e. The molecule has 0 aromatic heterocycles. The molecule has 154 valence electrons. The molecule has 29 heavy (non-hydrogen) atoms. The number of anilines is 1. The number of rotatable bonds is 7. The highest BCUT2D eigenvalue weighted by Crippen LogP contribution is 2.21. The van der Waals surface area contributed by atoms with Crippen LogP contribution in [0.1, 0.15) is 30.1 Å². The second kappa shape index (κ2) is 10.7. The minimum Gasteiger partial charge on any atom is -0.371 e. The molecule has 2 N–H and O–H groups in total. The van der Waals surface area contributed by atoms with E-state index in [9.17, 15) is 9.59 Å². The van der Waals surface area contributed by atoms with E-state index in [4.69, 9.17) is 4.74 Å². The van der Waals surface area contributed by atoms with Crippen molar-refractivity contribution < 1.29 is 14.3 Å². The highest BCUT2D eigenvalue weighted by Gasteiger charge is 2.21. The molecule has 1 atom stereocenters. The molecule has 2 aromatic rings. The zero-order valence-corrected chi connectivity index (χ0v) is 16.9. The number of benzene rings is 2. The van der Waals surface area contributed by atoms with Crippen LogP contribution >= 0.6 is 0 Å². The molecule has 6 heteroatoms. The van der Waals surface area contributed by atoms with Gasteiger partial charge in [0.05, 0.1) is 12.7 Å². The van der Waals surface area contributed by atoms with Gasteiger partial charge in [0.15, 0.2) is 0 Å². The van der Waals surface area contributed by atoms with E-state index in [1.165, 1.54) is 5.56 Å². The summed E-state index contributed by atoms with van der Waals surface area (Å²) in [5.41, 5.74) is 2.87. The number of ether oxygens (including phenoxy) is 1. The van der Waals surface area contributed by atoms with Gasteiger partial charge in [-0.25, -0.2) is 0 Å². The first-order chi connectivity index (χ1) is 14.1. The molecule has 1 fully saturated rings. The van der Waals surface area contributed by atoms with Gasteiger partial charge < -0.3 is 15.4 Å². The lowest BCUT2D eigenvalue weighted by Gasteiger charge is -2.33. The molecular formula is C23H29N3O3. The van der Waals surface area contributed by atoms with Gasteiger partial charge in [0.25, 0.3) is 0 Å². The number of morpholine rings is 1. The summed E-state index contributed by atoms with van der Waals surface area (Å²) in [6, 6.07) is 17.7. The lowest BCUT2D eigenvalue weighted by atomic mass is 10.1. The van der Waals surface area contributed by atoms with E-state index >= 15 is 0 Å². The molecule has 1 aliphatic rings. The number of unbranched alkanes of at least 4 members (excludes halogenated alkanes) is 1. The first kappa shape index (κ1) is 21.0. The average molecular weight is 396 g/mol. The molecule has 1 saturated heterocycles. The standard InChI is InChI=1S/C23H29N3O3/c1-18-8-7-11-20(16-18)25-23(28)22(27)24-12-5-6-13-26-14-15-29-21(17-26)19-9-3-2-4-10-19/h2-4,7-11,16,21H,5-6,12-15,17H2,1H3,(H,24,27)(H,25,28). The van der Waals surface area contributed by atoms with E-state index in [2.05, 4.69) is 27.7 Å². The van der Waals surface area contributed by atoms with Crippen molar-refractivity contribution in [2.75, 3.05) is 38.1 Å². The monoisotopic (exact) mass is 395 g/mol. The fourth-order valence-corrected chi connectivity index (χ4v) is 3.43. The summed E-state index contributed by atoms with van der Waals surface area (Å²) < 4.78 is 5.89. The van der Waals surface area contributed by atoms with Crippen molar-refractivity contribution in [2.45, 2.75) is 25.9 Å². The van der Waals surface area contributed by atoms with Crippen molar-refractivity contribution in [1.82, 2.24) is 10.2 Å². The minimum absolute atomic E-state index is 0.120. The molecular weight excluding hydrogens is 366 g/mol. The Kier molecular flexibility index (Phi) is 7.78. The number of nitrogens with one attached hydrogen (secondary N) is 2. The van der Waals surface area contributed by atoms with Gasteiger partial charge in [-0.15, -0.1) is 0 Å². The van der Waals surface area contributed by atoms with Crippen LogP contribution in [0.5, 0.6) is 0 Å². The van der Waals surface area contributed by atoms with Gasteiger partial charge >= 0.3 is 11.8 Å². The molecule has 2 aromatic carbocycles. The lowest BCUT2D eigenvalue weighted by Crippen LogP contribution is -2.39. The summed E-state index contributed by atoms with van der Waals surface area (Å²) in [6.45, 7) is 5.93. The number of hydrogen-bond acceptors (Lipinski definition) is 4. The van der Waals surface area contributed by atoms with Crippen LogP contribution in [-0.2, 0) is 14.3 Å². The highest BCUT2D eigenvalue weighted by atomic mass is 16.5. The number of aryl methyl sites for hydroxylation is 1. The van der Waals surface area contributed by atoms with Crippen LogP contribution in [-0.4, -0.2) is 49.5 Å². The quantitative estimate of drug-likeness (QED) is 0.559. The third-order valence-corrected chi connectivity index (χ3v) is 4.99. The van der Waals surface area contributed by atoms with E-state index in [-0.39, 0.29) is 6.10 Å². The molecule has 1 unspecified atom stereocenters. The molecule has 1 aliphatic heterocycles. The second-order valence-electron chi connectivity index (χ2n) is 7.36. The molecule has 0 bridgehead atoms. The van der Waals surface area contributed by atoms with Crippen LogP contribution in [0.2, 0.25) is 0 Å². The van der Waals surface area contributed by atoms with Gasteiger partial charge in [-0.1, -0.05) is 42.5 Å². The molecule has 1 heterocycles. The smallest absolute Gasteiger partial charge is 0.313 e. The molecule has 0 spiro atoms. The number of carbonyl (C=O) groups excluding carboxylic acids is 2. The fraction of sp³-hybridized carbons (Fsp3) is 0.391. The van der Waals surface area contributed by atoms with Gasteiger partial charge in [0.1, 0.15) is 0 Å².